The van der Waals surface area contributed by atoms with Crippen molar-refractivity contribution in [2.75, 3.05) is 18.6 Å². The van der Waals surface area contributed by atoms with Gasteiger partial charge >= 0.3 is 11.9 Å². The molecule has 1 aromatic heterocycles. The van der Waals surface area contributed by atoms with E-state index >= 15 is 0 Å². The number of carbonyl (C=O) groups excluding carboxylic acids is 3. The van der Waals surface area contributed by atoms with Gasteiger partial charge < -0.3 is 19.3 Å². The van der Waals surface area contributed by atoms with Crippen LogP contribution in [0, 0.1) is 6.92 Å². The molecule has 0 radical (unpaired) electrons. The normalized spacial score (nSPS) is 16.1. The lowest BCUT2D eigenvalue weighted by Crippen LogP contribution is -2.29. The van der Waals surface area contributed by atoms with Crippen LogP contribution in [0.15, 0.2) is 84.4 Å². The highest BCUT2D eigenvalue weighted by atomic mass is 32.1. The summed E-state index contributed by atoms with van der Waals surface area (Å²) in [7, 11) is 1.25. The lowest BCUT2D eigenvalue weighted by Gasteiger charge is -2.23. The Labute approximate surface area is 240 Å². The van der Waals surface area contributed by atoms with Crippen molar-refractivity contribution in [1.82, 2.24) is 4.98 Å². The molecule has 2 heterocycles. The van der Waals surface area contributed by atoms with Gasteiger partial charge in [-0.15, -0.1) is 0 Å². The molecule has 0 aliphatic carbocycles. The Morgan fingerprint density at radius 3 is 2.41 bits per heavy atom. The summed E-state index contributed by atoms with van der Waals surface area (Å²) in [6, 6.07) is 21.6. The molecule has 1 atom stereocenters. The van der Waals surface area contributed by atoms with E-state index in [0.29, 0.717) is 40.7 Å². The molecule has 208 valence electrons. The maximum Gasteiger partial charge on any atom is 0.350 e. The van der Waals surface area contributed by atoms with Crippen LogP contribution >= 0.6 is 11.3 Å². The van der Waals surface area contributed by atoms with E-state index < -0.39 is 23.7 Å². The Bertz CT molecular complexity index is 1660. The van der Waals surface area contributed by atoms with E-state index in [1.165, 1.54) is 12.0 Å². The van der Waals surface area contributed by atoms with Crippen molar-refractivity contribution in [2.24, 2.45) is 0 Å². The average Bonchev–Trinajstić information content (AvgIpc) is 3.49. The van der Waals surface area contributed by atoms with Crippen molar-refractivity contribution in [3.05, 3.63) is 106 Å². The van der Waals surface area contributed by atoms with Crippen LogP contribution in [0.2, 0.25) is 0 Å². The summed E-state index contributed by atoms with van der Waals surface area (Å²) in [5.41, 5.74) is 1.02. The maximum absolute atomic E-state index is 13.6. The molecule has 5 rings (SSSR count). The van der Waals surface area contributed by atoms with Gasteiger partial charge in [-0.05, 0) is 55.8 Å². The molecule has 1 fully saturated rings. The molecule has 4 aromatic rings. The zero-order chi connectivity index (χ0) is 29.1. The van der Waals surface area contributed by atoms with Gasteiger partial charge in [0.05, 0.1) is 31.0 Å². The van der Waals surface area contributed by atoms with Crippen LogP contribution in [0.4, 0.5) is 5.13 Å². The van der Waals surface area contributed by atoms with Crippen molar-refractivity contribution >= 4 is 39.9 Å². The van der Waals surface area contributed by atoms with Crippen LogP contribution in [0.25, 0.3) is 5.76 Å². The summed E-state index contributed by atoms with van der Waals surface area (Å²) in [5, 5.41) is 11.6. The fourth-order valence-electron chi connectivity index (χ4n) is 4.54. The van der Waals surface area contributed by atoms with Crippen LogP contribution in [0.5, 0.6) is 17.2 Å². The fourth-order valence-corrected chi connectivity index (χ4v) is 5.55. The number of thiazole rings is 1. The molecule has 1 N–H and O–H groups in total. The summed E-state index contributed by atoms with van der Waals surface area (Å²) < 4.78 is 16.4. The molecule has 0 bridgehead atoms. The fraction of sp³-hybridized carbons (Fsp3) is 0.161. The molecule has 1 saturated heterocycles. The number of para-hydroxylation sites is 1. The van der Waals surface area contributed by atoms with E-state index in [-0.39, 0.29) is 21.3 Å². The maximum atomic E-state index is 13.6. The highest BCUT2D eigenvalue weighted by Gasteiger charge is 2.48. The third-order valence-corrected chi connectivity index (χ3v) is 7.51. The van der Waals surface area contributed by atoms with E-state index in [0.717, 1.165) is 11.3 Å². The van der Waals surface area contributed by atoms with E-state index in [1.807, 2.05) is 25.1 Å². The molecule has 0 spiro atoms. The van der Waals surface area contributed by atoms with Gasteiger partial charge in [-0.3, -0.25) is 14.5 Å². The number of aromatic nitrogens is 1. The molecule has 1 amide bonds. The van der Waals surface area contributed by atoms with E-state index in [1.54, 1.807) is 67.6 Å². The topological polar surface area (TPSA) is 115 Å². The summed E-state index contributed by atoms with van der Waals surface area (Å²) in [6.45, 7) is 3.86. The number of ketones is 1. The third kappa shape index (κ3) is 5.42. The van der Waals surface area contributed by atoms with Gasteiger partial charge in [-0.25, -0.2) is 9.78 Å². The molecule has 1 aliphatic heterocycles. The number of esters is 1. The molecule has 41 heavy (non-hydrogen) atoms. The number of methoxy groups -OCH3 is 1. The minimum absolute atomic E-state index is 0.117. The lowest BCUT2D eigenvalue weighted by molar-refractivity contribution is -0.132. The standard InChI is InChI=1S/C31H26N2O7S/c1-4-39-22-14-9-11-20(17-22)26(34)24-25(19-10-8-15-23(16-19)40-21-12-6-5-7-13-21)33(29(36)27(24)35)31-32-18(2)28(41-31)30(37)38-3/h5-17,25,34H,4H2,1-3H3/b26-24+. The SMILES string of the molecule is CCOc1cccc(/C(O)=C2\C(=O)C(=O)N(c3nc(C)c(C(=O)OC)s3)C2c2cccc(Oc3ccccc3)c2)c1. The van der Waals surface area contributed by atoms with Gasteiger partial charge in [0.1, 0.15) is 27.9 Å². The number of aryl methyl sites for hydroxylation is 1. The first-order valence-electron chi connectivity index (χ1n) is 12.7. The smallest absolute Gasteiger partial charge is 0.350 e. The molecule has 10 heteroatoms. The Kier molecular flexibility index (Phi) is 7.84. The largest absolute Gasteiger partial charge is 0.507 e. The summed E-state index contributed by atoms with van der Waals surface area (Å²) in [6.07, 6.45) is 0. The van der Waals surface area contributed by atoms with Crippen molar-refractivity contribution in [2.45, 2.75) is 19.9 Å². The van der Waals surface area contributed by atoms with Crippen molar-refractivity contribution in [3.8, 4) is 17.2 Å². The Balaban J connectivity index is 1.67. The third-order valence-electron chi connectivity index (χ3n) is 6.38. The Morgan fingerprint density at radius 1 is 0.976 bits per heavy atom. The van der Waals surface area contributed by atoms with Crippen LogP contribution in [-0.4, -0.2) is 41.5 Å². The number of hydrogen-bond donors (Lipinski definition) is 1. The lowest BCUT2D eigenvalue weighted by atomic mass is 9.95. The van der Waals surface area contributed by atoms with Gasteiger partial charge in [0.2, 0.25) is 0 Å². The van der Waals surface area contributed by atoms with Gasteiger partial charge in [-0.2, -0.15) is 0 Å². The van der Waals surface area contributed by atoms with Gasteiger partial charge in [0, 0.05) is 5.56 Å². The van der Waals surface area contributed by atoms with Crippen molar-refractivity contribution < 1.29 is 33.7 Å². The number of nitrogens with zero attached hydrogens (tertiary/aromatic N) is 2. The summed E-state index contributed by atoms with van der Waals surface area (Å²) >= 11 is 0.931. The second-order valence-corrected chi connectivity index (χ2v) is 10.00. The predicted molar refractivity (Wildman–Crippen MR) is 154 cm³/mol. The number of benzene rings is 3. The van der Waals surface area contributed by atoms with Gasteiger partial charge in [-0.1, -0.05) is 53.8 Å². The predicted octanol–water partition coefficient (Wildman–Crippen LogP) is 6.06. The quantitative estimate of drug-likeness (QED) is 0.118. The van der Waals surface area contributed by atoms with Crippen molar-refractivity contribution in [1.29, 1.82) is 0 Å². The number of carbonyl (C=O) groups is 3. The number of rotatable bonds is 8. The Hall–Kier alpha value is -4.96. The second-order valence-electron chi connectivity index (χ2n) is 9.02. The van der Waals surface area contributed by atoms with Crippen LogP contribution in [-0.2, 0) is 14.3 Å². The molecule has 0 saturated carbocycles. The number of Topliss-reactive ketones (excluding diaryl/α,β-unsaturated/α-hetero) is 1. The van der Waals surface area contributed by atoms with Crippen LogP contribution in [0.3, 0.4) is 0 Å². The number of aliphatic hydroxyl groups excluding tert-OH is 1. The monoisotopic (exact) mass is 570 g/mol. The number of aliphatic hydroxyl groups is 1. The minimum atomic E-state index is -1.07. The number of ether oxygens (including phenoxy) is 3. The number of hydrogen-bond acceptors (Lipinski definition) is 9. The first kappa shape index (κ1) is 27.6. The highest BCUT2D eigenvalue weighted by molar-refractivity contribution is 7.17. The molecular weight excluding hydrogens is 544 g/mol. The highest BCUT2D eigenvalue weighted by Crippen LogP contribution is 2.45. The summed E-state index contributed by atoms with van der Waals surface area (Å²) in [4.78, 5) is 45.3. The molecule has 1 unspecified atom stereocenters. The Morgan fingerprint density at radius 2 is 1.68 bits per heavy atom. The minimum Gasteiger partial charge on any atom is -0.507 e. The van der Waals surface area contributed by atoms with E-state index in [2.05, 4.69) is 4.98 Å². The second kappa shape index (κ2) is 11.6. The first-order valence-corrected chi connectivity index (χ1v) is 13.6. The molecule has 9 nitrogen and oxygen atoms in total. The first-order chi connectivity index (χ1) is 19.8. The van der Waals surface area contributed by atoms with Gasteiger partial charge in [0.25, 0.3) is 5.78 Å². The van der Waals surface area contributed by atoms with Crippen molar-refractivity contribution in [3.63, 3.8) is 0 Å². The molecule has 1 aliphatic rings. The zero-order valence-corrected chi connectivity index (χ0v) is 23.3. The summed E-state index contributed by atoms with van der Waals surface area (Å²) in [5.74, 6) is -1.20. The average molecular weight is 571 g/mol. The van der Waals surface area contributed by atoms with Gasteiger partial charge in [0.15, 0.2) is 5.13 Å². The molecular formula is C31H26N2O7S. The van der Waals surface area contributed by atoms with E-state index in [9.17, 15) is 19.5 Å². The van der Waals surface area contributed by atoms with E-state index in [4.69, 9.17) is 14.2 Å². The number of anilines is 1. The number of amides is 1. The zero-order valence-electron chi connectivity index (χ0n) is 22.5. The molecule has 3 aromatic carbocycles. The van der Waals surface area contributed by atoms with Crippen LogP contribution < -0.4 is 14.4 Å². The van der Waals surface area contributed by atoms with Crippen LogP contribution in [0.1, 0.15) is 39.5 Å².